The molecule has 5 nitrogen and oxygen atoms in total. The number of aliphatic carboxylic acids is 1. The number of carboxylic acids is 1. The Morgan fingerprint density at radius 2 is 1.78 bits per heavy atom. The number of carbonyl (C=O) groups is 1. The van der Waals surface area contributed by atoms with Gasteiger partial charge in [0.25, 0.3) is 0 Å². The summed E-state index contributed by atoms with van der Waals surface area (Å²) in [6, 6.07) is 0. The average Bonchev–Trinajstić information content (AvgIpc) is 2.26. The van der Waals surface area contributed by atoms with Gasteiger partial charge in [-0.2, -0.15) is 13.2 Å². The summed E-state index contributed by atoms with van der Waals surface area (Å²) >= 11 is 0. The molecule has 0 aromatic rings. The highest BCUT2D eigenvalue weighted by Crippen LogP contribution is 2.35. The van der Waals surface area contributed by atoms with Gasteiger partial charge in [-0.1, -0.05) is 0 Å². The van der Waals surface area contributed by atoms with Gasteiger partial charge in [0.1, 0.15) is 0 Å². The van der Waals surface area contributed by atoms with Gasteiger partial charge in [-0.3, -0.25) is 4.79 Å². The molecule has 18 heavy (non-hydrogen) atoms. The van der Waals surface area contributed by atoms with Crippen LogP contribution in [0.25, 0.3) is 0 Å². The molecule has 1 N–H and O–H groups in total. The zero-order valence-corrected chi connectivity index (χ0v) is 10.5. The zero-order valence-electron chi connectivity index (χ0n) is 9.64. The molecule has 1 unspecified atom stereocenters. The van der Waals surface area contributed by atoms with Gasteiger partial charge in [0, 0.05) is 13.1 Å². The fourth-order valence-electron chi connectivity index (χ4n) is 1.79. The number of nitrogens with zero attached hydrogens (tertiary/aromatic N) is 1. The lowest BCUT2D eigenvalue weighted by Crippen LogP contribution is -2.46. The van der Waals surface area contributed by atoms with E-state index in [1.165, 1.54) is 0 Å². The molecule has 0 aliphatic carbocycles. The molecular weight excluding hydrogens is 275 g/mol. The molecule has 1 rings (SSSR count). The summed E-state index contributed by atoms with van der Waals surface area (Å²) < 4.78 is 61.5. The minimum atomic E-state index is -4.33. The second-order valence-electron chi connectivity index (χ2n) is 4.24. The fourth-order valence-corrected chi connectivity index (χ4v) is 3.21. The molecule has 0 aromatic heterocycles. The van der Waals surface area contributed by atoms with Crippen LogP contribution in [0.2, 0.25) is 0 Å². The van der Waals surface area contributed by atoms with Gasteiger partial charge in [0.15, 0.2) is 5.25 Å². The summed E-state index contributed by atoms with van der Waals surface area (Å²) in [5.74, 6) is -3.02. The molecule has 0 spiro atoms. The number of rotatable bonds is 3. The van der Waals surface area contributed by atoms with E-state index in [1.807, 2.05) is 0 Å². The topological polar surface area (TPSA) is 74.7 Å². The second kappa shape index (κ2) is 5.04. The van der Waals surface area contributed by atoms with Crippen molar-refractivity contribution in [1.82, 2.24) is 4.31 Å². The van der Waals surface area contributed by atoms with Crippen LogP contribution in [0.3, 0.4) is 0 Å². The minimum absolute atomic E-state index is 0.288. The van der Waals surface area contributed by atoms with Crippen molar-refractivity contribution < 1.29 is 31.5 Å². The molecule has 106 valence electrons. The van der Waals surface area contributed by atoms with E-state index < -0.39 is 33.3 Å². The number of piperidine rings is 1. The van der Waals surface area contributed by atoms with Crippen LogP contribution in [-0.4, -0.2) is 48.3 Å². The van der Waals surface area contributed by atoms with E-state index in [0.717, 1.165) is 11.2 Å². The van der Waals surface area contributed by atoms with Crippen molar-refractivity contribution in [2.75, 3.05) is 13.1 Å². The van der Waals surface area contributed by atoms with Gasteiger partial charge in [-0.05, 0) is 19.8 Å². The van der Waals surface area contributed by atoms with E-state index in [2.05, 4.69) is 0 Å². The molecule has 1 aliphatic heterocycles. The van der Waals surface area contributed by atoms with Gasteiger partial charge in [-0.15, -0.1) is 0 Å². The quantitative estimate of drug-likeness (QED) is 0.843. The lowest BCUT2D eigenvalue weighted by molar-refractivity contribution is -0.182. The van der Waals surface area contributed by atoms with E-state index in [1.54, 1.807) is 0 Å². The van der Waals surface area contributed by atoms with Crippen molar-refractivity contribution in [3.8, 4) is 0 Å². The first-order chi connectivity index (χ1) is 8.06. The molecule has 1 saturated heterocycles. The lowest BCUT2D eigenvalue weighted by atomic mass is 9.98. The van der Waals surface area contributed by atoms with E-state index in [4.69, 9.17) is 5.11 Å². The molecule has 0 amide bonds. The van der Waals surface area contributed by atoms with Crippen LogP contribution in [-0.2, 0) is 14.8 Å². The summed E-state index contributed by atoms with van der Waals surface area (Å²) in [6.07, 6.45) is -4.97. The maximum absolute atomic E-state index is 12.4. The number of hydrogen-bond donors (Lipinski definition) is 1. The Kier molecular flexibility index (Phi) is 4.26. The van der Waals surface area contributed by atoms with Crippen LogP contribution >= 0.6 is 0 Å². The van der Waals surface area contributed by atoms with E-state index in [0.29, 0.717) is 0 Å². The third-order valence-corrected chi connectivity index (χ3v) is 5.25. The predicted molar refractivity (Wildman–Crippen MR) is 56.4 cm³/mol. The molecule has 0 aromatic carbocycles. The van der Waals surface area contributed by atoms with E-state index >= 15 is 0 Å². The van der Waals surface area contributed by atoms with Crippen LogP contribution in [0, 0.1) is 5.92 Å². The standard InChI is InChI=1S/C9H14F3NO4S/c1-6(8(14)15)18(16,17)13-4-2-7(3-5-13)9(10,11)12/h6-7H,2-5H2,1H3,(H,14,15). The van der Waals surface area contributed by atoms with Crippen LogP contribution < -0.4 is 0 Å². The van der Waals surface area contributed by atoms with Gasteiger partial charge in [-0.25, -0.2) is 12.7 Å². The number of hydrogen-bond acceptors (Lipinski definition) is 3. The number of alkyl halides is 3. The summed E-state index contributed by atoms with van der Waals surface area (Å²) in [6.45, 7) is 0.432. The molecule has 1 heterocycles. The predicted octanol–water partition coefficient (Wildman–Crippen LogP) is 1.06. The van der Waals surface area contributed by atoms with Gasteiger partial charge in [0.2, 0.25) is 10.0 Å². The van der Waals surface area contributed by atoms with Crippen molar-refractivity contribution in [2.45, 2.75) is 31.2 Å². The van der Waals surface area contributed by atoms with Crippen LogP contribution in [0.5, 0.6) is 0 Å². The molecular formula is C9H14F3NO4S. The Morgan fingerprint density at radius 1 is 1.33 bits per heavy atom. The molecule has 0 radical (unpaired) electrons. The largest absolute Gasteiger partial charge is 0.480 e. The zero-order chi connectivity index (χ0) is 14.1. The summed E-state index contributed by atoms with van der Waals surface area (Å²) in [7, 11) is -4.06. The van der Waals surface area contributed by atoms with E-state index in [9.17, 15) is 26.4 Å². The third kappa shape index (κ3) is 3.14. The van der Waals surface area contributed by atoms with Crippen LogP contribution in [0.4, 0.5) is 13.2 Å². The first-order valence-electron chi connectivity index (χ1n) is 5.35. The van der Waals surface area contributed by atoms with Crippen LogP contribution in [0.15, 0.2) is 0 Å². The monoisotopic (exact) mass is 289 g/mol. The molecule has 1 atom stereocenters. The summed E-state index contributed by atoms with van der Waals surface area (Å²) in [5.41, 5.74) is 0. The number of halogens is 3. The SMILES string of the molecule is CC(C(=O)O)S(=O)(=O)N1CCC(C(F)(F)F)CC1. The van der Waals surface area contributed by atoms with Crippen molar-refractivity contribution in [3.05, 3.63) is 0 Å². The van der Waals surface area contributed by atoms with Crippen molar-refractivity contribution in [2.24, 2.45) is 5.92 Å². The Hall–Kier alpha value is -0.830. The first kappa shape index (κ1) is 15.2. The van der Waals surface area contributed by atoms with Gasteiger partial charge in [0.05, 0.1) is 5.92 Å². The number of sulfonamides is 1. The Morgan fingerprint density at radius 3 is 2.11 bits per heavy atom. The highest BCUT2D eigenvalue weighted by molar-refractivity contribution is 7.90. The maximum atomic E-state index is 12.4. The normalized spacial score (nSPS) is 21.8. The Labute approximate surface area is 103 Å². The van der Waals surface area contributed by atoms with Crippen molar-refractivity contribution in [1.29, 1.82) is 0 Å². The highest BCUT2D eigenvalue weighted by atomic mass is 32.2. The molecule has 1 aliphatic rings. The second-order valence-corrected chi connectivity index (χ2v) is 6.49. The molecule has 0 bridgehead atoms. The van der Waals surface area contributed by atoms with Crippen molar-refractivity contribution in [3.63, 3.8) is 0 Å². The fraction of sp³-hybridized carbons (Fsp3) is 0.889. The average molecular weight is 289 g/mol. The first-order valence-corrected chi connectivity index (χ1v) is 6.85. The van der Waals surface area contributed by atoms with Gasteiger partial charge >= 0.3 is 12.1 Å². The summed E-state index contributed by atoms with van der Waals surface area (Å²) in [4.78, 5) is 10.6. The van der Waals surface area contributed by atoms with Gasteiger partial charge < -0.3 is 5.11 Å². The lowest BCUT2D eigenvalue weighted by Gasteiger charge is -2.32. The molecule has 0 saturated carbocycles. The molecule has 9 heteroatoms. The Balaban J connectivity index is 2.72. The molecule has 1 fully saturated rings. The maximum Gasteiger partial charge on any atom is 0.391 e. The minimum Gasteiger partial charge on any atom is -0.480 e. The highest BCUT2D eigenvalue weighted by Gasteiger charge is 2.44. The van der Waals surface area contributed by atoms with Crippen LogP contribution in [0.1, 0.15) is 19.8 Å². The Bertz CT molecular complexity index is 412. The number of carboxylic acid groups (broad SMARTS) is 1. The third-order valence-electron chi connectivity index (χ3n) is 3.07. The van der Waals surface area contributed by atoms with E-state index in [-0.39, 0.29) is 25.9 Å². The smallest absolute Gasteiger partial charge is 0.391 e. The van der Waals surface area contributed by atoms with Crippen molar-refractivity contribution >= 4 is 16.0 Å². The summed E-state index contributed by atoms with van der Waals surface area (Å²) in [5, 5.41) is 7.00.